The van der Waals surface area contributed by atoms with Gasteiger partial charge in [-0.25, -0.2) is 9.59 Å². The molecule has 50 heavy (non-hydrogen) atoms. The molecule has 7 rings (SSSR count). The predicted octanol–water partition coefficient (Wildman–Crippen LogP) is 9.80. The van der Waals surface area contributed by atoms with Gasteiger partial charge in [-0.05, 0) is 147 Å². The molecule has 6 nitrogen and oxygen atoms in total. The van der Waals surface area contributed by atoms with Crippen LogP contribution < -0.4 is 18.9 Å². The highest BCUT2D eigenvalue weighted by Crippen LogP contribution is 2.67. The minimum atomic E-state index is -0.373. The van der Waals surface area contributed by atoms with Crippen molar-refractivity contribution in [3.8, 4) is 23.0 Å². The number of aryl methyl sites for hydroxylation is 2. The lowest BCUT2D eigenvalue weighted by Gasteiger charge is -2.32. The Morgan fingerprint density at radius 3 is 1.66 bits per heavy atom. The van der Waals surface area contributed by atoms with E-state index in [1.165, 1.54) is 6.42 Å². The maximum absolute atomic E-state index is 13.3. The van der Waals surface area contributed by atoms with Crippen molar-refractivity contribution in [3.05, 3.63) is 144 Å². The number of hydrogen-bond donors (Lipinski definition) is 0. The van der Waals surface area contributed by atoms with Crippen LogP contribution in [0, 0.1) is 37.5 Å². The highest BCUT2D eigenvalue weighted by atomic mass is 16.5. The lowest BCUT2D eigenvalue weighted by Crippen LogP contribution is -2.24. The summed E-state index contributed by atoms with van der Waals surface area (Å²) in [4.78, 5) is 26.5. The summed E-state index contributed by atoms with van der Waals surface area (Å²) in [6.07, 6.45) is 7.85. The Labute approximate surface area is 294 Å². The summed E-state index contributed by atoms with van der Waals surface area (Å²) < 4.78 is 23.3. The first-order valence-corrected chi connectivity index (χ1v) is 17.6. The summed E-state index contributed by atoms with van der Waals surface area (Å²) in [6.45, 7) is 12.4. The van der Waals surface area contributed by atoms with Gasteiger partial charge >= 0.3 is 11.9 Å². The second-order valence-electron chi connectivity index (χ2n) is 14.1. The van der Waals surface area contributed by atoms with Crippen molar-refractivity contribution < 1.29 is 28.5 Å². The van der Waals surface area contributed by atoms with Gasteiger partial charge in [0.25, 0.3) is 0 Å². The maximum atomic E-state index is 13.3. The quantitative estimate of drug-likeness (QED) is 0.0851. The van der Waals surface area contributed by atoms with Crippen molar-refractivity contribution in [1.29, 1.82) is 0 Å². The first-order chi connectivity index (χ1) is 24.3. The highest BCUT2D eigenvalue weighted by molar-refractivity contribution is 5.92. The van der Waals surface area contributed by atoms with E-state index in [-0.39, 0.29) is 11.9 Å². The monoisotopic (exact) mass is 668 g/mol. The summed E-state index contributed by atoms with van der Waals surface area (Å²) in [5, 5.41) is 0. The molecule has 0 saturated heterocycles. The fraction of sp³-hybridized carbons (Fsp3) is 0.318. The Morgan fingerprint density at radius 1 is 0.620 bits per heavy atom. The van der Waals surface area contributed by atoms with Gasteiger partial charge in [-0.2, -0.15) is 0 Å². The molecule has 3 saturated carbocycles. The van der Waals surface area contributed by atoms with Gasteiger partial charge < -0.3 is 18.9 Å². The van der Waals surface area contributed by atoms with Crippen LogP contribution in [0.4, 0.5) is 0 Å². The molecule has 256 valence electrons. The number of hydrogen-bond acceptors (Lipinski definition) is 6. The molecule has 3 aliphatic rings. The zero-order valence-electron chi connectivity index (χ0n) is 28.8. The minimum Gasteiger partial charge on any atom is -0.490 e. The van der Waals surface area contributed by atoms with Gasteiger partial charge in [0.15, 0.2) is 0 Å². The third kappa shape index (κ3) is 6.84. The first kappa shape index (κ1) is 33.4. The molecule has 0 spiro atoms. The van der Waals surface area contributed by atoms with E-state index in [1.807, 2.05) is 24.3 Å². The summed E-state index contributed by atoms with van der Waals surface area (Å²) in [5.41, 5.74) is 5.56. The molecule has 6 heteroatoms. The number of benzene rings is 4. The van der Waals surface area contributed by atoms with Crippen LogP contribution in [0.1, 0.15) is 80.5 Å². The number of carbonyl (C=O) groups excluding carboxylic acids is 2. The Balaban J connectivity index is 1.06. The molecule has 6 atom stereocenters. The highest BCUT2D eigenvalue weighted by Gasteiger charge is 2.56. The SMILES string of the molecule is C=CCOc1ccc(C(=O)Oc2ccc(C)cc2C2CC3C4CC(c5cc(C)ccc5OC(=O)c5ccc(OCC=C)cc5)C(C4)C3C2)cc1. The van der Waals surface area contributed by atoms with Crippen LogP contribution in [-0.2, 0) is 0 Å². The second-order valence-corrected chi connectivity index (χ2v) is 14.1. The number of ether oxygens (including phenoxy) is 4. The van der Waals surface area contributed by atoms with Crippen molar-refractivity contribution >= 4 is 11.9 Å². The molecule has 3 aliphatic carbocycles. The molecule has 0 amide bonds. The summed E-state index contributed by atoms with van der Waals surface area (Å²) in [5.74, 6) is 4.95. The molecule has 2 bridgehead atoms. The molecular weight excluding hydrogens is 624 g/mol. The predicted molar refractivity (Wildman–Crippen MR) is 194 cm³/mol. The van der Waals surface area contributed by atoms with Gasteiger partial charge in [-0.1, -0.05) is 60.7 Å². The smallest absolute Gasteiger partial charge is 0.343 e. The van der Waals surface area contributed by atoms with Crippen LogP contribution in [0.15, 0.2) is 110 Å². The number of rotatable bonds is 12. The lowest BCUT2D eigenvalue weighted by molar-refractivity contribution is 0.0722. The topological polar surface area (TPSA) is 71.1 Å². The Morgan fingerprint density at radius 2 is 1.12 bits per heavy atom. The molecule has 3 fully saturated rings. The standard InChI is InChI=1S/C44H44O6/c1-5-19-47-33-13-9-29(10-14-33)43(45)49-41-17-7-27(3)21-36(41)32-23-35-31-24-38(37(35)26-32)39(25-31)40-22-28(4)8-18-42(40)50-44(46)30-11-15-34(16-12-30)48-20-6-2/h5-18,21-22,31-32,35,37-39H,1-2,19-20,23-26H2,3-4H3. The van der Waals surface area contributed by atoms with Crippen molar-refractivity contribution in [2.24, 2.45) is 23.7 Å². The summed E-state index contributed by atoms with van der Waals surface area (Å²) in [7, 11) is 0. The maximum Gasteiger partial charge on any atom is 0.343 e. The zero-order chi connectivity index (χ0) is 34.8. The first-order valence-electron chi connectivity index (χ1n) is 17.6. The van der Waals surface area contributed by atoms with Gasteiger partial charge in [0, 0.05) is 0 Å². The minimum absolute atomic E-state index is 0.319. The van der Waals surface area contributed by atoms with E-state index in [0.29, 0.717) is 82.8 Å². The van der Waals surface area contributed by atoms with E-state index < -0.39 is 0 Å². The molecule has 0 aromatic heterocycles. The number of fused-ring (bicyclic) bond motifs is 5. The Bertz CT molecular complexity index is 1890. The average molecular weight is 669 g/mol. The molecule has 4 aromatic carbocycles. The van der Waals surface area contributed by atoms with Crippen molar-refractivity contribution in [3.63, 3.8) is 0 Å². The van der Waals surface area contributed by atoms with Crippen LogP contribution in [0.2, 0.25) is 0 Å². The van der Waals surface area contributed by atoms with Crippen LogP contribution in [0.5, 0.6) is 23.0 Å². The molecule has 0 N–H and O–H groups in total. The lowest BCUT2D eigenvalue weighted by atomic mass is 9.73. The van der Waals surface area contributed by atoms with Gasteiger partial charge in [-0.15, -0.1) is 0 Å². The summed E-state index contributed by atoms with van der Waals surface area (Å²) in [6, 6.07) is 26.4. The molecular formula is C44H44O6. The molecule has 6 unspecified atom stereocenters. The van der Waals surface area contributed by atoms with E-state index in [0.717, 1.165) is 41.5 Å². The average Bonchev–Trinajstić information content (AvgIpc) is 3.85. The van der Waals surface area contributed by atoms with Gasteiger partial charge in [0.05, 0.1) is 11.1 Å². The van der Waals surface area contributed by atoms with Crippen molar-refractivity contribution in [1.82, 2.24) is 0 Å². The van der Waals surface area contributed by atoms with Gasteiger partial charge in [0.1, 0.15) is 36.2 Å². The molecule has 0 aliphatic heterocycles. The van der Waals surface area contributed by atoms with E-state index in [1.54, 1.807) is 60.7 Å². The molecule has 0 heterocycles. The Kier molecular flexibility index (Phi) is 9.62. The van der Waals surface area contributed by atoms with E-state index in [9.17, 15) is 9.59 Å². The third-order valence-electron chi connectivity index (χ3n) is 11.0. The van der Waals surface area contributed by atoms with Crippen LogP contribution in [0.3, 0.4) is 0 Å². The van der Waals surface area contributed by atoms with E-state index >= 15 is 0 Å². The van der Waals surface area contributed by atoms with Crippen LogP contribution in [0.25, 0.3) is 0 Å². The van der Waals surface area contributed by atoms with Crippen LogP contribution >= 0.6 is 0 Å². The van der Waals surface area contributed by atoms with Crippen molar-refractivity contribution in [2.75, 3.05) is 13.2 Å². The fourth-order valence-corrected chi connectivity index (χ4v) is 8.82. The number of esters is 2. The molecule has 4 aromatic rings. The van der Waals surface area contributed by atoms with E-state index in [2.05, 4.69) is 39.1 Å². The van der Waals surface area contributed by atoms with Crippen molar-refractivity contribution in [2.45, 2.75) is 51.4 Å². The van der Waals surface area contributed by atoms with E-state index in [4.69, 9.17) is 18.9 Å². The number of carbonyl (C=O) groups is 2. The van der Waals surface area contributed by atoms with Gasteiger partial charge in [0.2, 0.25) is 0 Å². The summed E-state index contributed by atoms with van der Waals surface area (Å²) >= 11 is 0. The normalized spacial score (nSPS) is 23.2. The van der Waals surface area contributed by atoms with Crippen LogP contribution in [-0.4, -0.2) is 25.2 Å². The molecule has 0 radical (unpaired) electrons. The Hall–Kier alpha value is -5.10. The third-order valence-corrected chi connectivity index (χ3v) is 11.0. The van der Waals surface area contributed by atoms with Gasteiger partial charge in [-0.3, -0.25) is 0 Å². The fourth-order valence-electron chi connectivity index (χ4n) is 8.82. The largest absolute Gasteiger partial charge is 0.490 e. The second kappa shape index (κ2) is 14.4. The zero-order valence-corrected chi connectivity index (χ0v) is 28.8.